The molecule has 1 aliphatic heterocycles. The predicted octanol–water partition coefficient (Wildman–Crippen LogP) is 6.13. The Balaban J connectivity index is 1.24. The molecule has 38 heavy (non-hydrogen) atoms. The Morgan fingerprint density at radius 1 is 0.947 bits per heavy atom. The van der Waals surface area contributed by atoms with Gasteiger partial charge in [0.25, 0.3) is 11.8 Å². The van der Waals surface area contributed by atoms with E-state index in [-0.39, 0.29) is 23.5 Å². The number of nitrogens with one attached hydrogen (secondary N) is 2. The lowest BCUT2D eigenvalue weighted by Crippen LogP contribution is -2.29. The summed E-state index contributed by atoms with van der Waals surface area (Å²) in [5.74, 6) is -0.263. The minimum absolute atomic E-state index is 0.0851. The maximum atomic E-state index is 13.1. The third kappa shape index (κ3) is 5.89. The highest BCUT2D eigenvalue weighted by molar-refractivity contribution is 8.01. The third-order valence-corrected chi connectivity index (χ3v) is 8.58. The van der Waals surface area contributed by atoms with Crippen LogP contribution < -0.4 is 10.6 Å². The van der Waals surface area contributed by atoms with E-state index in [4.69, 9.17) is 0 Å². The van der Waals surface area contributed by atoms with Crippen LogP contribution in [0.25, 0.3) is 10.2 Å². The van der Waals surface area contributed by atoms with Crippen molar-refractivity contribution in [3.05, 3.63) is 82.9 Å². The summed E-state index contributed by atoms with van der Waals surface area (Å²) >= 11 is 2.86. The predicted molar refractivity (Wildman–Crippen MR) is 154 cm³/mol. The summed E-state index contributed by atoms with van der Waals surface area (Å²) in [6, 6.07) is 18.4. The monoisotopic (exact) mass is 544 g/mol. The van der Waals surface area contributed by atoms with Crippen LogP contribution in [0.15, 0.2) is 65.0 Å². The van der Waals surface area contributed by atoms with Gasteiger partial charge in [0.05, 0.1) is 27.1 Å². The summed E-state index contributed by atoms with van der Waals surface area (Å²) < 4.78 is 1.68. The minimum atomic E-state index is -0.324. The van der Waals surface area contributed by atoms with Crippen LogP contribution in [-0.4, -0.2) is 46.4 Å². The van der Waals surface area contributed by atoms with E-state index in [1.54, 1.807) is 35.2 Å². The fourth-order valence-corrected chi connectivity index (χ4v) is 6.29. The van der Waals surface area contributed by atoms with Gasteiger partial charge in [0.2, 0.25) is 5.91 Å². The molecule has 0 unspecified atom stereocenters. The second-order valence-electron chi connectivity index (χ2n) is 9.32. The first-order valence-corrected chi connectivity index (χ1v) is 14.3. The standard InChI is InChI=1S/C29H28N4O3S2/c1-18-9-10-19(2)24(15-18)31-26(34)17-37-29-32-23-12-11-20(16-25(23)38-29)30-27(35)21-7-3-4-8-22(21)28(36)33-13-5-6-14-33/h3-4,7-12,15-16H,5-6,13-14,17H2,1-2H3,(H,30,35)(H,31,34). The summed E-state index contributed by atoms with van der Waals surface area (Å²) in [7, 11) is 0. The highest BCUT2D eigenvalue weighted by Gasteiger charge is 2.24. The fraction of sp³-hybridized carbons (Fsp3) is 0.241. The maximum Gasteiger partial charge on any atom is 0.256 e. The van der Waals surface area contributed by atoms with Crippen LogP contribution in [0.4, 0.5) is 11.4 Å². The third-order valence-electron chi connectivity index (χ3n) is 6.42. The second kappa shape index (κ2) is 11.4. The molecule has 7 nitrogen and oxygen atoms in total. The van der Waals surface area contributed by atoms with Crippen LogP contribution in [0.1, 0.15) is 44.7 Å². The Morgan fingerprint density at radius 3 is 2.50 bits per heavy atom. The molecule has 5 rings (SSSR count). The molecule has 0 radical (unpaired) electrons. The average molecular weight is 545 g/mol. The number of carbonyl (C=O) groups excluding carboxylic acids is 3. The maximum absolute atomic E-state index is 13.1. The van der Waals surface area contributed by atoms with Gasteiger partial charge in [0.1, 0.15) is 0 Å². The zero-order chi connectivity index (χ0) is 26.6. The molecule has 1 aromatic heterocycles. The number of benzene rings is 3. The van der Waals surface area contributed by atoms with E-state index in [2.05, 4.69) is 15.6 Å². The molecular formula is C29H28N4O3S2. The van der Waals surface area contributed by atoms with Crippen molar-refractivity contribution in [3.63, 3.8) is 0 Å². The van der Waals surface area contributed by atoms with Crippen molar-refractivity contribution in [2.45, 2.75) is 31.0 Å². The van der Waals surface area contributed by atoms with Gasteiger partial charge in [0, 0.05) is 24.5 Å². The summed E-state index contributed by atoms with van der Waals surface area (Å²) in [5, 5.41) is 5.91. The van der Waals surface area contributed by atoms with Gasteiger partial charge in [-0.1, -0.05) is 36.0 Å². The first-order chi connectivity index (χ1) is 18.4. The van der Waals surface area contributed by atoms with E-state index in [1.807, 2.05) is 44.2 Å². The van der Waals surface area contributed by atoms with Gasteiger partial charge in [-0.2, -0.15) is 0 Å². The number of rotatable bonds is 7. The Hall–Kier alpha value is -3.69. The number of aromatic nitrogens is 1. The number of amides is 3. The minimum Gasteiger partial charge on any atom is -0.339 e. The molecule has 0 bridgehead atoms. The van der Waals surface area contributed by atoms with Gasteiger partial charge >= 0.3 is 0 Å². The summed E-state index contributed by atoms with van der Waals surface area (Å²) in [4.78, 5) is 45.0. The quantitative estimate of drug-likeness (QED) is 0.273. The lowest BCUT2D eigenvalue weighted by Gasteiger charge is -2.17. The molecule has 1 aliphatic rings. The number of thiazole rings is 1. The number of hydrogen-bond donors (Lipinski definition) is 2. The van der Waals surface area contributed by atoms with Crippen molar-refractivity contribution in [1.29, 1.82) is 0 Å². The second-order valence-corrected chi connectivity index (χ2v) is 11.6. The van der Waals surface area contributed by atoms with E-state index in [1.165, 1.54) is 23.1 Å². The molecule has 4 aromatic rings. The molecule has 1 saturated heterocycles. The van der Waals surface area contributed by atoms with E-state index >= 15 is 0 Å². The van der Waals surface area contributed by atoms with Crippen LogP contribution in [0.2, 0.25) is 0 Å². The topological polar surface area (TPSA) is 91.4 Å². The molecule has 0 aliphatic carbocycles. The summed E-state index contributed by atoms with van der Waals surface area (Å²) in [5.41, 5.74) is 5.14. The van der Waals surface area contributed by atoms with Gasteiger partial charge in [-0.05, 0) is 74.2 Å². The van der Waals surface area contributed by atoms with Crippen molar-refractivity contribution in [3.8, 4) is 0 Å². The number of anilines is 2. The molecule has 2 heterocycles. The number of carbonyl (C=O) groups is 3. The molecule has 0 atom stereocenters. The van der Waals surface area contributed by atoms with E-state index in [0.29, 0.717) is 16.8 Å². The van der Waals surface area contributed by atoms with Gasteiger partial charge < -0.3 is 15.5 Å². The largest absolute Gasteiger partial charge is 0.339 e. The molecule has 3 aromatic carbocycles. The van der Waals surface area contributed by atoms with Gasteiger partial charge in [0.15, 0.2) is 4.34 Å². The number of aryl methyl sites for hydroxylation is 2. The van der Waals surface area contributed by atoms with Crippen LogP contribution in [0, 0.1) is 13.8 Å². The Bertz CT molecular complexity index is 1530. The molecule has 9 heteroatoms. The van der Waals surface area contributed by atoms with Crippen LogP contribution in [0.3, 0.4) is 0 Å². The van der Waals surface area contributed by atoms with E-state index in [9.17, 15) is 14.4 Å². The average Bonchev–Trinajstić information content (AvgIpc) is 3.59. The highest BCUT2D eigenvalue weighted by Crippen LogP contribution is 2.32. The van der Waals surface area contributed by atoms with E-state index < -0.39 is 0 Å². The van der Waals surface area contributed by atoms with Crippen LogP contribution >= 0.6 is 23.1 Å². The number of thioether (sulfide) groups is 1. The summed E-state index contributed by atoms with van der Waals surface area (Å²) in [6.45, 7) is 5.42. The number of fused-ring (bicyclic) bond motifs is 1. The number of likely N-dealkylation sites (tertiary alicyclic amines) is 1. The smallest absolute Gasteiger partial charge is 0.256 e. The van der Waals surface area contributed by atoms with E-state index in [0.717, 1.165) is 57.3 Å². The van der Waals surface area contributed by atoms with Crippen molar-refractivity contribution in [2.24, 2.45) is 0 Å². The molecule has 3 amide bonds. The van der Waals surface area contributed by atoms with Crippen molar-refractivity contribution in [2.75, 3.05) is 29.5 Å². The van der Waals surface area contributed by atoms with Crippen LogP contribution in [-0.2, 0) is 4.79 Å². The Morgan fingerprint density at radius 2 is 1.71 bits per heavy atom. The van der Waals surface area contributed by atoms with Gasteiger partial charge in [-0.3, -0.25) is 14.4 Å². The molecule has 194 valence electrons. The van der Waals surface area contributed by atoms with Crippen molar-refractivity contribution in [1.82, 2.24) is 9.88 Å². The molecular weight excluding hydrogens is 516 g/mol. The summed E-state index contributed by atoms with van der Waals surface area (Å²) in [6.07, 6.45) is 1.98. The molecule has 0 spiro atoms. The zero-order valence-corrected chi connectivity index (χ0v) is 22.9. The SMILES string of the molecule is Cc1ccc(C)c(NC(=O)CSc2nc3ccc(NC(=O)c4ccccc4C(=O)N4CCCC4)cc3s2)c1. The Kier molecular flexibility index (Phi) is 7.76. The lowest BCUT2D eigenvalue weighted by molar-refractivity contribution is -0.113. The lowest BCUT2D eigenvalue weighted by atomic mass is 10.1. The fourth-order valence-electron chi connectivity index (χ4n) is 4.38. The first kappa shape index (κ1) is 25.9. The zero-order valence-electron chi connectivity index (χ0n) is 21.2. The number of nitrogens with zero attached hydrogens (tertiary/aromatic N) is 2. The first-order valence-electron chi connectivity index (χ1n) is 12.5. The van der Waals surface area contributed by atoms with Crippen molar-refractivity contribution >= 4 is 62.4 Å². The highest BCUT2D eigenvalue weighted by atomic mass is 32.2. The molecule has 0 saturated carbocycles. The molecule has 1 fully saturated rings. The normalized spacial score (nSPS) is 13.1. The number of hydrogen-bond acceptors (Lipinski definition) is 6. The Labute approximate surface area is 229 Å². The van der Waals surface area contributed by atoms with Crippen molar-refractivity contribution < 1.29 is 14.4 Å². The van der Waals surface area contributed by atoms with Gasteiger partial charge in [-0.25, -0.2) is 4.98 Å². The van der Waals surface area contributed by atoms with Gasteiger partial charge in [-0.15, -0.1) is 11.3 Å². The van der Waals surface area contributed by atoms with Crippen LogP contribution in [0.5, 0.6) is 0 Å². The molecule has 2 N–H and O–H groups in total.